The molecule has 8 heteroatoms. The smallest absolute Gasteiger partial charge is 0.277 e. The van der Waals surface area contributed by atoms with Crippen LogP contribution in [0.15, 0.2) is 89.8 Å². The van der Waals surface area contributed by atoms with Gasteiger partial charge in [0.25, 0.3) is 5.91 Å². The van der Waals surface area contributed by atoms with Gasteiger partial charge >= 0.3 is 0 Å². The van der Waals surface area contributed by atoms with Crippen molar-refractivity contribution in [2.75, 3.05) is 12.0 Å². The van der Waals surface area contributed by atoms with Crippen LogP contribution in [0.3, 0.4) is 0 Å². The van der Waals surface area contributed by atoms with Crippen molar-refractivity contribution in [1.29, 1.82) is 0 Å². The molecule has 3 aromatic heterocycles. The van der Waals surface area contributed by atoms with Crippen LogP contribution in [0.25, 0.3) is 22.5 Å². The largest absolute Gasteiger partial charge is 0.497 e. The summed E-state index contributed by atoms with van der Waals surface area (Å²) in [5, 5.41) is 11.5. The summed E-state index contributed by atoms with van der Waals surface area (Å²) in [6.45, 7) is 0. The van der Waals surface area contributed by atoms with Crippen LogP contribution in [-0.4, -0.2) is 33.4 Å². The number of pyridine rings is 1. The van der Waals surface area contributed by atoms with E-state index in [9.17, 15) is 4.79 Å². The normalized spacial score (nSPS) is 14.9. The van der Waals surface area contributed by atoms with Crippen LogP contribution < -0.4 is 9.64 Å². The number of aromatic amines is 1. The number of H-pyrrole nitrogens is 1. The lowest BCUT2D eigenvalue weighted by atomic mass is 9.98. The molecule has 1 aliphatic heterocycles. The Morgan fingerprint density at radius 3 is 2.44 bits per heavy atom. The maximum atomic E-state index is 13.6. The van der Waals surface area contributed by atoms with Crippen LogP contribution in [0.4, 0.5) is 5.69 Å². The maximum absolute atomic E-state index is 13.6. The van der Waals surface area contributed by atoms with E-state index in [0.717, 1.165) is 39.5 Å². The van der Waals surface area contributed by atoms with Gasteiger partial charge in [0.2, 0.25) is 0 Å². The van der Waals surface area contributed by atoms with Gasteiger partial charge in [0, 0.05) is 34.6 Å². The molecule has 1 N–H and O–H groups in total. The van der Waals surface area contributed by atoms with Crippen LogP contribution in [-0.2, 0) is 0 Å². The minimum Gasteiger partial charge on any atom is -0.497 e. The predicted molar refractivity (Wildman–Crippen MR) is 125 cm³/mol. The number of carbonyl (C=O) groups is 1. The van der Waals surface area contributed by atoms with Gasteiger partial charge in [-0.05, 0) is 48.5 Å². The summed E-state index contributed by atoms with van der Waals surface area (Å²) < 4.78 is 10.2. The lowest BCUT2D eigenvalue weighted by Gasteiger charge is -2.25. The maximum Gasteiger partial charge on any atom is 0.277 e. The number of anilines is 1. The van der Waals surface area contributed by atoms with Crippen LogP contribution in [0, 0.1) is 0 Å². The van der Waals surface area contributed by atoms with Crippen molar-refractivity contribution in [3.63, 3.8) is 0 Å². The number of nitrogens with zero attached hydrogens (tertiary/aromatic N) is 4. The Labute approximate surface area is 194 Å². The fourth-order valence-electron chi connectivity index (χ4n) is 4.35. The van der Waals surface area contributed by atoms with Crippen molar-refractivity contribution >= 4 is 11.6 Å². The Balaban J connectivity index is 1.47. The van der Waals surface area contributed by atoms with E-state index in [0.29, 0.717) is 11.4 Å². The highest BCUT2D eigenvalue weighted by Gasteiger charge is 2.43. The molecule has 2 aromatic carbocycles. The summed E-state index contributed by atoms with van der Waals surface area (Å²) in [4.78, 5) is 20.0. The molecule has 0 saturated heterocycles. The molecule has 8 nitrogen and oxygen atoms in total. The van der Waals surface area contributed by atoms with Gasteiger partial charge in [0.15, 0.2) is 0 Å². The molecule has 34 heavy (non-hydrogen) atoms. The van der Waals surface area contributed by atoms with E-state index < -0.39 is 6.04 Å². The van der Waals surface area contributed by atoms with Crippen LogP contribution in [0.5, 0.6) is 5.75 Å². The van der Waals surface area contributed by atoms with E-state index >= 15 is 0 Å². The third-order valence-corrected chi connectivity index (χ3v) is 5.98. The first-order valence-electron chi connectivity index (χ1n) is 10.7. The Hall–Kier alpha value is -4.72. The predicted octanol–water partition coefficient (Wildman–Crippen LogP) is 4.89. The Bertz CT molecular complexity index is 1440. The number of nitrogens with one attached hydrogen (secondary N) is 1. The Kier molecular flexibility index (Phi) is 4.69. The molecule has 166 valence electrons. The molecule has 5 aromatic rings. The zero-order chi connectivity index (χ0) is 23.1. The van der Waals surface area contributed by atoms with Crippen LogP contribution in [0.2, 0.25) is 0 Å². The van der Waals surface area contributed by atoms with E-state index in [1.54, 1.807) is 24.3 Å². The highest BCUT2D eigenvalue weighted by Crippen LogP contribution is 2.44. The number of ether oxygens (including phenoxy) is 1. The van der Waals surface area contributed by atoms with E-state index in [1.165, 1.54) is 6.26 Å². The molecule has 1 amide bonds. The van der Waals surface area contributed by atoms with E-state index in [-0.39, 0.29) is 5.91 Å². The standard InChI is InChI=1S/C26H19N5O3/c1-33-19-11-7-17(8-12-19)23-22-24(29-28-23)26(32)31(25(22)21-4-2-3-14-27-21)18-9-5-16(6-10-18)20-13-15-34-30-20/h2-15,25H,1H3,(H,28,29). The molecule has 1 aliphatic rings. The molecule has 0 fully saturated rings. The first-order valence-corrected chi connectivity index (χ1v) is 10.7. The van der Waals surface area contributed by atoms with Crippen molar-refractivity contribution < 1.29 is 14.1 Å². The van der Waals surface area contributed by atoms with Crippen molar-refractivity contribution in [2.24, 2.45) is 0 Å². The van der Waals surface area contributed by atoms with Crippen molar-refractivity contribution in [3.8, 4) is 28.3 Å². The number of aromatic nitrogens is 4. The second kappa shape index (κ2) is 8.00. The number of hydrogen-bond donors (Lipinski definition) is 1. The summed E-state index contributed by atoms with van der Waals surface area (Å²) in [5.74, 6) is 0.592. The van der Waals surface area contributed by atoms with Gasteiger partial charge in [-0.25, -0.2) is 0 Å². The summed E-state index contributed by atoms with van der Waals surface area (Å²) >= 11 is 0. The summed E-state index contributed by atoms with van der Waals surface area (Å²) in [7, 11) is 1.63. The van der Waals surface area contributed by atoms with Gasteiger partial charge in [-0.15, -0.1) is 0 Å². The molecular weight excluding hydrogens is 430 g/mol. The first-order chi connectivity index (χ1) is 16.7. The average Bonchev–Trinajstić information content (AvgIpc) is 3.63. The second-order valence-corrected chi connectivity index (χ2v) is 7.85. The van der Waals surface area contributed by atoms with Gasteiger partial charge in [0.1, 0.15) is 29.4 Å². The Morgan fingerprint density at radius 1 is 0.971 bits per heavy atom. The molecule has 6 rings (SSSR count). The molecule has 0 saturated carbocycles. The van der Waals surface area contributed by atoms with Crippen LogP contribution in [0.1, 0.15) is 27.8 Å². The topological polar surface area (TPSA) is 97.1 Å². The molecule has 0 bridgehead atoms. The van der Waals surface area contributed by atoms with Crippen molar-refractivity contribution in [1.82, 2.24) is 20.3 Å². The lowest BCUT2D eigenvalue weighted by Crippen LogP contribution is -2.29. The minimum atomic E-state index is -0.433. The molecule has 0 spiro atoms. The number of hydrogen-bond acceptors (Lipinski definition) is 6. The third kappa shape index (κ3) is 3.15. The van der Waals surface area contributed by atoms with E-state index in [2.05, 4.69) is 20.3 Å². The monoisotopic (exact) mass is 449 g/mol. The van der Waals surface area contributed by atoms with E-state index in [4.69, 9.17) is 9.26 Å². The molecule has 0 aliphatic carbocycles. The Morgan fingerprint density at radius 2 is 1.76 bits per heavy atom. The van der Waals surface area contributed by atoms with Crippen LogP contribution >= 0.6 is 0 Å². The van der Waals surface area contributed by atoms with Gasteiger partial charge in [-0.2, -0.15) is 5.10 Å². The molecule has 1 atom stereocenters. The molecular formula is C26H19N5O3. The van der Waals surface area contributed by atoms with Gasteiger partial charge in [0.05, 0.1) is 18.5 Å². The summed E-state index contributed by atoms with van der Waals surface area (Å²) in [6, 6.07) is 22.4. The number of methoxy groups -OCH3 is 1. The molecule has 0 radical (unpaired) electrons. The number of carbonyl (C=O) groups excluding carboxylic acids is 1. The molecule has 4 heterocycles. The minimum absolute atomic E-state index is 0.160. The average molecular weight is 449 g/mol. The highest BCUT2D eigenvalue weighted by atomic mass is 16.5. The second-order valence-electron chi connectivity index (χ2n) is 7.85. The third-order valence-electron chi connectivity index (χ3n) is 5.98. The SMILES string of the molecule is COc1ccc(-c2n[nH]c3c2C(c2ccccn2)N(c2ccc(-c4ccon4)cc2)C3=O)cc1. The highest BCUT2D eigenvalue weighted by molar-refractivity contribution is 6.11. The van der Waals surface area contributed by atoms with E-state index in [1.807, 2.05) is 66.7 Å². The summed E-state index contributed by atoms with van der Waals surface area (Å²) in [5.41, 5.74) is 5.99. The summed E-state index contributed by atoms with van der Waals surface area (Å²) in [6.07, 6.45) is 3.27. The fraction of sp³-hybridized carbons (Fsp3) is 0.0769. The number of benzene rings is 2. The van der Waals surface area contributed by atoms with Gasteiger partial charge < -0.3 is 9.26 Å². The quantitative estimate of drug-likeness (QED) is 0.411. The fourth-order valence-corrected chi connectivity index (χ4v) is 4.35. The van der Waals surface area contributed by atoms with Crippen molar-refractivity contribution in [2.45, 2.75) is 6.04 Å². The zero-order valence-electron chi connectivity index (χ0n) is 18.2. The number of amides is 1. The molecule has 1 unspecified atom stereocenters. The van der Waals surface area contributed by atoms with Gasteiger partial charge in [-0.3, -0.25) is 19.8 Å². The number of rotatable bonds is 5. The number of fused-ring (bicyclic) bond motifs is 1. The first kappa shape index (κ1) is 19.9. The van der Waals surface area contributed by atoms with Crippen molar-refractivity contribution in [3.05, 3.63) is 102 Å². The van der Waals surface area contributed by atoms with Gasteiger partial charge in [-0.1, -0.05) is 23.4 Å². The zero-order valence-corrected chi connectivity index (χ0v) is 18.2. The lowest BCUT2D eigenvalue weighted by molar-refractivity contribution is 0.0988.